The zero-order valence-electron chi connectivity index (χ0n) is 12.6. The van der Waals surface area contributed by atoms with E-state index < -0.39 is 0 Å². The summed E-state index contributed by atoms with van der Waals surface area (Å²) in [6.45, 7) is 2.64. The Balaban J connectivity index is 0.00000132. The maximum Gasteiger partial charge on any atom is 0.228 e. The number of nitrogens with two attached hydrogens (primary N) is 1. The first kappa shape index (κ1) is 15.6. The van der Waals surface area contributed by atoms with Gasteiger partial charge in [-0.3, -0.25) is 4.79 Å². The molecule has 0 spiro atoms. The summed E-state index contributed by atoms with van der Waals surface area (Å²) in [5, 5.41) is 0. The minimum atomic E-state index is -0.00869. The molecule has 5 fully saturated rings. The molecule has 4 bridgehead atoms. The fourth-order valence-corrected chi connectivity index (χ4v) is 5.75. The SMILES string of the molecule is Cl.NCC1CN(C(=O)C23CC4CC(CC(C4)C2)C3)CCO1. The van der Waals surface area contributed by atoms with Gasteiger partial charge in [-0.15, -0.1) is 12.4 Å². The number of carbonyl (C=O) groups is 1. The molecule has 0 aromatic rings. The third-order valence-corrected chi connectivity index (χ3v) is 6.18. The van der Waals surface area contributed by atoms with Gasteiger partial charge in [-0.1, -0.05) is 0 Å². The molecule has 4 aliphatic carbocycles. The molecule has 1 heterocycles. The highest BCUT2D eigenvalue weighted by Gasteiger charge is 2.55. The molecule has 0 aromatic carbocycles. The van der Waals surface area contributed by atoms with E-state index in [1.807, 2.05) is 0 Å². The van der Waals surface area contributed by atoms with E-state index in [4.69, 9.17) is 10.5 Å². The Morgan fingerprint density at radius 1 is 1.14 bits per heavy atom. The monoisotopic (exact) mass is 314 g/mol. The topological polar surface area (TPSA) is 55.6 Å². The second-order valence-corrected chi connectivity index (χ2v) is 7.68. The van der Waals surface area contributed by atoms with Crippen LogP contribution in [0.25, 0.3) is 0 Å². The highest BCUT2D eigenvalue weighted by molar-refractivity contribution is 5.85. The second kappa shape index (κ2) is 5.71. The lowest BCUT2D eigenvalue weighted by molar-refractivity contribution is -0.164. The lowest BCUT2D eigenvalue weighted by Crippen LogP contribution is -2.58. The summed E-state index contributed by atoms with van der Waals surface area (Å²) >= 11 is 0. The van der Waals surface area contributed by atoms with Gasteiger partial charge in [0, 0.05) is 19.6 Å². The largest absolute Gasteiger partial charge is 0.373 e. The second-order valence-electron chi connectivity index (χ2n) is 7.68. The van der Waals surface area contributed by atoms with E-state index in [-0.39, 0.29) is 23.9 Å². The first-order chi connectivity index (χ1) is 9.68. The molecule has 0 aromatic heterocycles. The van der Waals surface area contributed by atoms with Gasteiger partial charge in [0.05, 0.1) is 18.1 Å². The molecule has 5 heteroatoms. The van der Waals surface area contributed by atoms with E-state index in [2.05, 4.69) is 4.90 Å². The summed E-state index contributed by atoms with van der Waals surface area (Å²) in [5.74, 6) is 2.92. The van der Waals surface area contributed by atoms with Crippen LogP contribution < -0.4 is 5.73 Å². The van der Waals surface area contributed by atoms with Gasteiger partial charge in [0.2, 0.25) is 5.91 Å². The number of hydrogen-bond acceptors (Lipinski definition) is 3. The van der Waals surface area contributed by atoms with Gasteiger partial charge < -0.3 is 15.4 Å². The molecular weight excluding hydrogens is 288 g/mol. The van der Waals surface area contributed by atoms with Crippen LogP contribution >= 0.6 is 12.4 Å². The van der Waals surface area contributed by atoms with Crippen LogP contribution in [0.5, 0.6) is 0 Å². The van der Waals surface area contributed by atoms with E-state index in [1.54, 1.807) is 0 Å². The van der Waals surface area contributed by atoms with Gasteiger partial charge in [0.15, 0.2) is 0 Å². The van der Waals surface area contributed by atoms with Crippen molar-refractivity contribution in [2.24, 2.45) is 28.9 Å². The summed E-state index contributed by atoms with van der Waals surface area (Å²) in [6, 6.07) is 0. The highest BCUT2D eigenvalue weighted by Crippen LogP contribution is 2.60. The fourth-order valence-electron chi connectivity index (χ4n) is 5.75. The van der Waals surface area contributed by atoms with Gasteiger partial charge in [-0.25, -0.2) is 0 Å². The van der Waals surface area contributed by atoms with Crippen LogP contribution in [0.15, 0.2) is 0 Å². The van der Waals surface area contributed by atoms with Crippen molar-refractivity contribution in [1.29, 1.82) is 0 Å². The number of carbonyl (C=O) groups excluding carboxylic acids is 1. The van der Waals surface area contributed by atoms with Crippen LogP contribution in [0.1, 0.15) is 38.5 Å². The molecule has 2 N–H and O–H groups in total. The van der Waals surface area contributed by atoms with Gasteiger partial charge in [-0.2, -0.15) is 0 Å². The van der Waals surface area contributed by atoms with E-state index >= 15 is 0 Å². The Morgan fingerprint density at radius 3 is 2.24 bits per heavy atom. The number of ether oxygens (including phenoxy) is 1. The van der Waals surface area contributed by atoms with E-state index in [9.17, 15) is 4.79 Å². The molecule has 4 saturated carbocycles. The summed E-state index contributed by atoms with van der Waals surface area (Å²) in [4.78, 5) is 15.2. The third kappa shape index (κ3) is 2.60. The van der Waals surface area contributed by atoms with Crippen LogP contribution in [0.4, 0.5) is 0 Å². The Hall–Kier alpha value is -0.320. The van der Waals surface area contributed by atoms with Crippen molar-refractivity contribution in [3.63, 3.8) is 0 Å². The van der Waals surface area contributed by atoms with Crippen molar-refractivity contribution in [1.82, 2.24) is 4.90 Å². The quantitative estimate of drug-likeness (QED) is 0.846. The molecule has 21 heavy (non-hydrogen) atoms. The Labute approximate surface area is 133 Å². The molecule has 1 atom stereocenters. The Kier molecular flexibility index (Phi) is 4.23. The summed E-state index contributed by atoms with van der Waals surface area (Å²) in [7, 11) is 0. The fraction of sp³-hybridized carbons (Fsp3) is 0.938. The van der Waals surface area contributed by atoms with Gasteiger partial charge in [0.25, 0.3) is 0 Å². The summed E-state index contributed by atoms with van der Waals surface area (Å²) in [5.41, 5.74) is 5.70. The average molecular weight is 315 g/mol. The van der Waals surface area contributed by atoms with Crippen molar-refractivity contribution < 1.29 is 9.53 Å². The van der Waals surface area contributed by atoms with Gasteiger partial charge >= 0.3 is 0 Å². The van der Waals surface area contributed by atoms with Crippen molar-refractivity contribution in [3.05, 3.63) is 0 Å². The molecule has 1 saturated heterocycles. The standard InChI is InChI=1S/C16H26N2O2.ClH/c17-9-14-10-18(1-2-20-14)15(19)16-6-11-3-12(7-16)5-13(4-11)8-16;/h11-14H,1-10,17H2;1H. The number of halogens is 1. The van der Waals surface area contributed by atoms with Crippen molar-refractivity contribution in [2.75, 3.05) is 26.2 Å². The van der Waals surface area contributed by atoms with Crippen molar-refractivity contribution in [3.8, 4) is 0 Å². The lowest BCUT2D eigenvalue weighted by atomic mass is 9.49. The van der Waals surface area contributed by atoms with Crippen molar-refractivity contribution >= 4 is 18.3 Å². The number of hydrogen-bond donors (Lipinski definition) is 1. The first-order valence-electron chi connectivity index (χ1n) is 8.29. The summed E-state index contributed by atoms with van der Waals surface area (Å²) < 4.78 is 5.61. The maximum absolute atomic E-state index is 13.1. The molecule has 1 unspecified atom stereocenters. The van der Waals surface area contributed by atoms with Crippen LogP contribution in [-0.4, -0.2) is 43.2 Å². The average Bonchev–Trinajstić information content (AvgIpc) is 2.45. The Bertz CT molecular complexity index is 380. The molecule has 5 aliphatic rings. The number of nitrogens with zero attached hydrogens (tertiary/aromatic N) is 1. The number of amides is 1. The zero-order chi connectivity index (χ0) is 13.7. The molecule has 1 aliphatic heterocycles. The number of morpholine rings is 1. The molecule has 120 valence electrons. The molecule has 5 rings (SSSR count). The van der Waals surface area contributed by atoms with Crippen LogP contribution in [0, 0.1) is 23.2 Å². The summed E-state index contributed by atoms with van der Waals surface area (Å²) in [6.07, 6.45) is 7.68. The van der Waals surface area contributed by atoms with Crippen LogP contribution in [-0.2, 0) is 9.53 Å². The van der Waals surface area contributed by atoms with Crippen molar-refractivity contribution in [2.45, 2.75) is 44.6 Å². The minimum Gasteiger partial charge on any atom is -0.373 e. The predicted molar refractivity (Wildman–Crippen MR) is 83.2 cm³/mol. The zero-order valence-corrected chi connectivity index (χ0v) is 13.4. The van der Waals surface area contributed by atoms with E-state index in [0.29, 0.717) is 25.6 Å². The highest BCUT2D eigenvalue weighted by atomic mass is 35.5. The maximum atomic E-state index is 13.1. The van der Waals surface area contributed by atoms with Gasteiger partial charge in [-0.05, 0) is 56.3 Å². The normalized spacial score (nSPS) is 44.5. The number of rotatable bonds is 2. The smallest absolute Gasteiger partial charge is 0.228 e. The van der Waals surface area contributed by atoms with E-state index in [0.717, 1.165) is 43.6 Å². The predicted octanol–water partition coefficient (Wildman–Crippen LogP) is 1.81. The third-order valence-electron chi connectivity index (χ3n) is 6.18. The molecule has 1 amide bonds. The minimum absolute atomic E-state index is 0. The van der Waals surface area contributed by atoms with E-state index in [1.165, 1.54) is 19.3 Å². The lowest BCUT2D eigenvalue weighted by Gasteiger charge is -2.57. The van der Waals surface area contributed by atoms with Crippen LogP contribution in [0.2, 0.25) is 0 Å². The van der Waals surface area contributed by atoms with Crippen LogP contribution in [0.3, 0.4) is 0 Å². The first-order valence-corrected chi connectivity index (χ1v) is 8.29. The molecule has 0 radical (unpaired) electrons. The van der Waals surface area contributed by atoms with Gasteiger partial charge in [0.1, 0.15) is 0 Å². The molecule has 4 nitrogen and oxygen atoms in total. The molecular formula is C16H27ClN2O2. The Morgan fingerprint density at radius 2 is 1.71 bits per heavy atom.